The molecule has 0 aromatic heterocycles. The maximum absolute atomic E-state index is 11.3. The van der Waals surface area contributed by atoms with Crippen LogP contribution in [0.1, 0.15) is 58.8 Å². The minimum Gasteiger partial charge on any atom is -0.477 e. The van der Waals surface area contributed by atoms with Gasteiger partial charge in [0.1, 0.15) is 12.6 Å². The van der Waals surface area contributed by atoms with Gasteiger partial charge in [-0.3, -0.25) is 0 Å². The third-order valence-electron chi connectivity index (χ3n) is 3.76. The van der Waals surface area contributed by atoms with E-state index >= 15 is 0 Å². The zero-order chi connectivity index (χ0) is 14.9. The van der Waals surface area contributed by atoms with Crippen molar-refractivity contribution in [2.24, 2.45) is 0 Å². The maximum atomic E-state index is 11.3. The second-order valence-electron chi connectivity index (χ2n) is 6.11. The van der Waals surface area contributed by atoms with E-state index in [1.807, 2.05) is 21.0 Å². The predicted molar refractivity (Wildman–Crippen MR) is 78.1 cm³/mol. The number of quaternary nitrogens is 1. The number of carboxylic acid groups (broad SMARTS) is 1. The molecule has 2 atom stereocenters. The van der Waals surface area contributed by atoms with Gasteiger partial charge in [-0.05, 0) is 12.8 Å². The third kappa shape index (κ3) is 7.53. The number of hydrogen-bond acceptors (Lipinski definition) is 2. The van der Waals surface area contributed by atoms with Gasteiger partial charge in [-0.2, -0.15) is 0 Å². The molecule has 0 saturated heterocycles. The molecule has 0 aliphatic carbocycles. The Labute approximate surface area is 118 Å². The van der Waals surface area contributed by atoms with Crippen LogP contribution in [0.15, 0.2) is 0 Å². The quantitative estimate of drug-likeness (QED) is 0.450. The number of hydrogen-bond donors (Lipinski definition) is 2. The standard InChI is InChI=1S/C15H31NO3/c1-5-7-8-9-11-13(17)12-16(3,4)14(10-6-2)15(18)19/h13-14,17H,5-12H2,1-4H3/p+1. The third-order valence-corrected chi connectivity index (χ3v) is 3.76. The Morgan fingerprint density at radius 1 is 1.05 bits per heavy atom. The minimum absolute atomic E-state index is 0.359. The van der Waals surface area contributed by atoms with Crippen molar-refractivity contribution in [1.29, 1.82) is 0 Å². The summed E-state index contributed by atoms with van der Waals surface area (Å²) in [6, 6.07) is -0.421. The second kappa shape index (κ2) is 9.32. The van der Waals surface area contributed by atoms with Crippen molar-refractivity contribution in [1.82, 2.24) is 0 Å². The van der Waals surface area contributed by atoms with Crippen LogP contribution in [0.4, 0.5) is 0 Å². The molecule has 0 bridgehead atoms. The average molecular weight is 274 g/mol. The molecule has 0 heterocycles. The SMILES string of the molecule is CCCCCCC(O)C[N+](C)(C)C(CCC)C(=O)O. The second-order valence-corrected chi connectivity index (χ2v) is 6.11. The molecule has 0 saturated carbocycles. The molecular weight excluding hydrogens is 242 g/mol. The number of carboxylic acids is 1. The largest absolute Gasteiger partial charge is 0.477 e. The Morgan fingerprint density at radius 2 is 1.68 bits per heavy atom. The molecule has 0 fully saturated rings. The maximum Gasteiger partial charge on any atom is 0.362 e. The van der Waals surface area contributed by atoms with Gasteiger partial charge in [-0.15, -0.1) is 0 Å². The topological polar surface area (TPSA) is 57.5 Å². The van der Waals surface area contributed by atoms with Crippen LogP contribution in [0.2, 0.25) is 0 Å². The lowest BCUT2D eigenvalue weighted by atomic mass is 10.0. The molecule has 0 radical (unpaired) electrons. The Hall–Kier alpha value is -0.610. The molecule has 4 nitrogen and oxygen atoms in total. The summed E-state index contributed by atoms with van der Waals surface area (Å²) in [6.45, 7) is 4.68. The Bertz CT molecular complexity index is 254. The highest BCUT2D eigenvalue weighted by molar-refractivity contribution is 5.72. The molecule has 4 heteroatoms. The molecule has 0 amide bonds. The number of aliphatic hydroxyl groups excluding tert-OH is 1. The Kier molecular flexibility index (Phi) is 9.02. The first-order valence-corrected chi connectivity index (χ1v) is 7.58. The lowest BCUT2D eigenvalue weighted by Crippen LogP contribution is -2.56. The van der Waals surface area contributed by atoms with Crippen LogP contribution < -0.4 is 0 Å². The summed E-state index contributed by atoms with van der Waals surface area (Å²) in [6.07, 6.45) is 6.47. The van der Waals surface area contributed by atoms with Crippen molar-refractivity contribution >= 4 is 5.97 Å². The van der Waals surface area contributed by atoms with E-state index in [9.17, 15) is 15.0 Å². The van der Waals surface area contributed by atoms with Gasteiger partial charge in [0.25, 0.3) is 0 Å². The van der Waals surface area contributed by atoms with Gasteiger partial charge >= 0.3 is 5.97 Å². The van der Waals surface area contributed by atoms with E-state index < -0.39 is 18.1 Å². The molecule has 0 aromatic rings. The van der Waals surface area contributed by atoms with Crippen molar-refractivity contribution in [3.8, 4) is 0 Å². The summed E-state index contributed by atoms with van der Waals surface area (Å²) in [5, 5.41) is 19.4. The van der Waals surface area contributed by atoms with Crippen molar-refractivity contribution in [3.63, 3.8) is 0 Å². The summed E-state index contributed by atoms with van der Waals surface area (Å²) >= 11 is 0. The van der Waals surface area contributed by atoms with Crippen LogP contribution in [0.5, 0.6) is 0 Å². The van der Waals surface area contributed by atoms with Crippen LogP contribution >= 0.6 is 0 Å². The molecule has 0 aliphatic heterocycles. The molecule has 114 valence electrons. The van der Waals surface area contributed by atoms with Gasteiger partial charge in [-0.25, -0.2) is 4.79 Å². The highest BCUT2D eigenvalue weighted by Gasteiger charge is 2.35. The van der Waals surface area contributed by atoms with E-state index in [1.165, 1.54) is 12.8 Å². The zero-order valence-electron chi connectivity index (χ0n) is 13.1. The van der Waals surface area contributed by atoms with Crippen LogP contribution in [-0.4, -0.2) is 53.5 Å². The molecule has 2 N–H and O–H groups in total. The summed E-state index contributed by atoms with van der Waals surface area (Å²) in [5.74, 6) is -0.759. The van der Waals surface area contributed by atoms with Crippen molar-refractivity contribution < 1.29 is 19.5 Å². The van der Waals surface area contributed by atoms with E-state index in [1.54, 1.807) is 0 Å². The molecule has 2 unspecified atom stereocenters. The van der Waals surface area contributed by atoms with Crippen molar-refractivity contribution in [2.75, 3.05) is 20.6 Å². The van der Waals surface area contributed by atoms with E-state index in [2.05, 4.69) is 6.92 Å². The summed E-state index contributed by atoms with van der Waals surface area (Å²) in [5.41, 5.74) is 0. The van der Waals surface area contributed by atoms with Gasteiger partial charge in [0.05, 0.1) is 14.1 Å². The molecule has 0 aliphatic rings. The summed E-state index contributed by atoms with van der Waals surface area (Å²) in [4.78, 5) is 11.3. The first-order valence-electron chi connectivity index (χ1n) is 7.58. The monoisotopic (exact) mass is 274 g/mol. The van der Waals surface area contributed by atoms with Gasteiger partial charge in [0.15, 0.2) is 6.04 Å². The van der Waals surface area contributed by atoms with E-state index in [0.29, 0.717) is 17.4 Å². The van der Waals surface area contributed by atoms with Gasteiger partial charge in [0, 0.05) is 6.42 Å². The Morgan fingerprint density at radius 3 is 2.16 bits per heavy atom. The molecule has 0 spiro atoms. The predicted octanol–water partition coefficient (Wildman–Crippen LogP) is 2.65. The van der Waals surface area contributed by atoms with Gasteiger partial charge in [0.2, 0.25) is 0 Å². The number of rotatable bonds is 11. The van der Waals surface area contributed by atoms with Crippen LogP contribution in [-0.2, 0) is 4.79 Å². The van der Waals surface area contributed by atoms with E-state index in [-0.39, 0.29) is 0 Å². The average Bonchev–Trinajstić information content (AvgIpc) is 2.30. The van der Waals surface area contributed by atoms with Crippen LogP contribution in [0, 0.1) is 0 Å². The number of carbonyl (C=O) groups is 1. The fraction of sp³-hybridized carbons (Fsp3) is 0.933. The van der Waals surface area contributed by atoms with Gasteiger partial charge < -0.3 is 14.7 Å². The summed E-state index contributed by atoms with van der Waals surface area (Å²) in [7, 11) is 3.81. The van der Waals surface area contributed by atoms with Crippen molar-refractivity contribution in [2.45, 2.75) is 70.9 Å². The molecule has 19 heavy (non-hydrogen) atoms. The first-order chi connectivity index (χ1) is 8.85. The fourth-order valence-corrected chi connectivity index (χ4v) is 2.61. The van der Waals surface area contributed by atoms with Gasteiger partial charge in [-0.1, -0.05) is 39.5 Å². The fourth-order valence-electron chi connectivity index (χ4n) is 2.61. The number of nitrogens with zero attached hydrogens (tertiary/aromatic N) is 1. The zero-order valence-corrected chi connectivity index (χ0v) is 13.1. The number of unbranched alkanes of at least 4 members (excludes halogenated alkanes) is 3. The van der Waals surface area contributed by atoms with E-state index in [4.69, 9.17) is 0 Å². The first kappa shape index (κ1) is 18.4. The molecular formula is C15H32NO3+. The lowest BCUT2D eigenvalue weighted by molar-refractivity contribution is -0.909. The normalized spacial score (nSPS) is 15.2. The number of aliphatic carboxylic acids is 1. The lowest BCUT2D eigenvalue weighted by Gasteiger charge is -2.37. The highest BCUT2D eigenvalue weighted by atomic mass is 16.4. The molecule has 0 aromatic carbocycles. The molecule has 0 rings (SSSR count). The summed E-state index contributed by atoms with van der Waals surface area (Å²) < 4.78 is 0.359. The van der Waals surface area contributed by atoms with Crippen LogP contribution in [0.25, 0.3) is 0 Å². The number of aliphatic hydroxyl groups is 1. The smallest absolute Gasteiger partial charge is 0.362 e. The van der Waals surface area contributed by atoms with E-state index in [0.717, 1.165) is 25.7 Å². The Balaban J connectivity index is 4.27. The minimum atomic E-state index is -0.759. The number of likely N-dealkylation sites (N-methyl/N-ethyl adjacent to an activating group) is 1. The highest BCUT2D eigenvalue weighted by Crippen LogP contribution is 2.16. The van der Waals surface area contributed by atoms with Crippen LogP contribution in [0.3, 0.4) is 0 Å². The van der Waals surface area contributed by atoms with Crippen molar-refractivity contribution in [3.05, 3.63) is 0 Å².